The third kappa shape index (κ3) is 4.75. The zero-order valence-electron chi connectivity index (χ0n) is 18.7. The number of fused-ring (bicyclic) bond motifs is 1. The van der Waals surface area contributed by atoms with Crippen LogP contribution in [0.5, 0.6) is 11.5 Å². The molecule has 1 heterocycles. The molecule has 0 aliphatic carbocycles. The monoisotopic (exact) mass is 444 g/mol. The number of hydrogen-bond acceptors (Lipinski definition) is 6. The summed E-state index contributed by atoms with van der Waals surface area (Å²) in [5.41, 5.74) is 2.80. The average molecular weight is 444 g/mol. The zero-order chi connectivity index (χ0) is 23.4. The van der Waals surface area contributed by atoms with Crippen LogP contribution in [0, 0.1) is 6.92 Å². The summed E-state index contributed by atoms with van der Waals surface area (Å²) in [5, 5.41) is 0.344. The lowest BCUT2D eigenvalue weighted by atomic mass is 10.0. The maximum absolute atomic E-state index is 13.4. The van der Waals surface area contributed by atoms with E-state index in [9.17, 15) is 9.59 Å². The van der Waals surface area contributed by atoms with Gasteiger partial charge >= 0.3 is 5.97 Å². The molecule has 6 nitrogen and oxygen atoms in total. The number of carbonyl (C=O) groups excluding carboxylic acids is 1. The number of rotatable bonds is 7. The van der Waals surface area contributed by atoms with E-state index in [1.165, 1.54) is 5.56 Å². The number of esters is 1. The van der Waals surface area contributed by atoms with E-state index in [1.807, 2.05) is 31.2 Å². The van der Waals surface area contributed by atoms with Gasteiger partial charge in [-0.1, -0.05) is 42.0 Å². The Morgan fingerprint density at radius 2 is 1.64 bits per heavy atom. The quantitative estimate of drug-likeness (QED) is 0.349. The summed E-state index contributed by atoms with van der Waals surface area (Å²) in [6, 6.07) is 19.9. The van der Waals surface area contributed by atoms with Crippen LogP contribution in [0.4, 0.5) is 0 Å². The van der Waals surface area contributed by atoms with Crippen molar-refractivity contribution in [3.8, 4) is 22.6 Å². The molecule has 0 aliphatic rings. The van der Waals surface area contributed by atoms with E-state index in [0.29, 0.717) is 29.1 Å². The van der Waals surface area contributed by atoms with E-state index in [1.54, 1.807) is 56.5 Å². The molecule has 0 radical (unpaired) electrons. The van der Waals surface area contributed by atoms with Crippen LogP contribution in [-0.4, -0.2) is 19.7 Å². The smallest absolute Gasteiger partial charge is 0.375 e. The van der Waals surface area contributed by atoms with Crippen LogP contribution in [0.15, 0.2) is 75.9 Å². The number of methoxy groups -OCH3 is 1. The summed E-state index contributed by atoms with van der Waals surface area (Å²) in [6.45, 7) is 4.24. The molecule has 0 saturated carbocycles. The summed E-state index contributed by atoms with van der Waals surface area (Å²) in [6.07, 6.45) is 0. The number of aryl methyl sites for hydroxylation is 1. The summed E-state index contributed by atoms with van der Waals surface area (Å²) in [7, 11) is 1.56. The summed E-state index contributed by atoms with van der Waals surface area (Å²) < 4.78 is 22.1. The Balaban J connectivity index is 1.76. The Labute approximate surface area is 191 Å². The fourth-order valence-corrected chi connectivity index (χ4v) is 3.47. The SMILES string of the molecule is CCOC(=O)c1oc2cc(OCc3ccc(C)cc3)ccc2c(=O)c1-c1ccc(OC)cc1. The molecule has 4 aromatic rings. The molecule has 168 valence electrons. The van der Waals surface area contributed by atoms with Crippen LogP contribution in [-0.2, 0) is 11.3 Å². The van der Waals surface area contributed by atoms with Crippen molar-refractivity contribution in [3.63, 3.8) is 0 Å². The Bertz CT molecular complexity index is 1330. The first kappa shape index (κ1) is 22.1. The normalized spacial score (nSPS) is 10.8. The van der Waals surface area contributed by atoms with Gasteiger partial charge in [-0.3, -0.25) is 4.79 Å². The van der Waals surface area contributed by atoms with Crippen LogP contribution >= 0.6 is 0 Å². The Morgan fingerprint density at radius 3 is 2.30 bits per heavy atom. The van der Waals surface area contributed by atoms with Crippen molar-refractivity contribution in [2.75, 3.05) is 13.7 Å². The molecule has 33 heavy (non-hydrogen) atoms. The topological polar surface area (TPSA) is 75.0 Å². The Morgan fingerprint density at radius 1 is 0.939 bits per heavy atom. The van der Waals surface area contributed by atoms with Gasteiger partial charge in [0, 0.05) is 6.07 Å². The predicted molar refractivity (Wildman–Crippen MR) is 126 cm³/mol. The van der Waals surface area contributed by atoms with Crippen molar-refractivity contribution >= 4 is 16.9 Å². The van der Waals surface area contributed by atoms with Crippen molar-refractivity contribution in [2.45, 2.75) is 20.5 Å². The van der Waals surface area contributed by atoms with Crippen molar-refractivity contribution in [1.82, 2.24) is 0 Å². The van der Waals surface area contributed by atoms with E-state index >= 15 is 0 Å². The van der Waals surface area contributed by atoms with E-state index < -0.39 is 5.97 Å². The van der Waals surface area contributed by atoms with Crippen molar-refractivity contribution in [3.05, 3.63) is 93.8 Å². The number of hydrogen-bond donors (Lipinski definition) is 0. The van der Waals surface area contributed by atoms with Crippen LogP contribution in [0.25, 0.3) is 22.1 Å². The third-order valence-electron chi connectivity index (χ3n) is 5.23. The van der Waals surface area contributed by atoms with E-state index in [-0.39, 0.29) is 28.9 Å². The highest BCUT2D eigenvalue weighted by Crippen LogP contribution is 2.29. The number of ether oxygens (including phenoxy) is 3. The highest BCUT2D eigenvalue weighted by molar-refractivity contribution is 5.97. The van der Waals surface area contributed by atoms with Crippen LogP contribution in [0.3, 0.4) is 0 Å². The van der Waals surface area contributed by atoms with Gasteiger partial charge in [0.25, 0.3) is 0 Å². The summed E-state index contributed by atoms with van der Waals surface area (Å²) >= 11 is 0. The molecule has 6 heteroatoms. The van der Waals surface area contributed by atoms with Gasteiger partial charge in [-0.15, -0.1) is 0 Å². The molecule has 0 fully saturated rings. The standard InChI is InChI=1S/C27H24O6/c1-4-31-27(29)26-24(19-9-11-20(30-3)12-10-19)25(28)22-14-13-21(15-23(22)33-26)32-16-18-7-5-17(2)6-8-18/h5-15H,4,16H2,1-3H3. The minimum atomic E-state index is -0.701. The molecule has 0 bridgehead atoms. The lowest BCUT2D eigenvalue weighted by Crippen LogP contribution is -2.15. The fraction of sp³-hybridized carbons (Fsp3) is 0.185. The molecular formula is C27H24O6. The zero-order valence-corrected chi connectivity index (χ0v) is 18.7. The second kappa shape index (κ2) is 9.61. The first-order chi connectivity index (χ1) is 16.0. The summed E-state index contributed by atoms with van der Waals surface area (Å²) in [4.78, 5) is 26.1. The van der Waals surface area contributed by atoms with Gasteiger partial charge < -0.3 is 18.6 Å². The van der Waals surface area contributed by atoms with Gasteiger partial charge in [0.15, 0.2) is 0 Å². The maximum Gasteiger partial charge on any atom is 0.375 e. The maximum atomic E-state index is 13.4. The number of carbonyl (C=O) groups is 1. The molecule has 0 aliphatic heterocycles. The second-order valence-corrected chi connectivity index (χ2v) is 7.52. The third-order valence-corrected chi connectivity index (χ3v) is 5.23. The van der Waals surface area contributed by atoms with Gasteiger partial charge in [-0.2, -0.15) is 0 Å². The molecule has 1 aromatic heterocycles. The van der Waals surface area contributed by atoms with Crippen LogP contribution in [0.2, 0.25) is 0 Å². The first-order valence-corrected chi connectivity index (χ1v) is 10.6. The number of benzene rings is 3. The fourth-order valence-electron chi connectivity index (χ4n) is 3.47. The highest BCUT2D eigenvalue weighted by atomic mass is 16.5. The molecule has 0 N–H and O–H groups in total. The average Bonchev–Trinajstić information content (AvgIpc) is 2.83. The second-order valence-electron chi connectivity index (χ2n) is 7.52. The van der Waals surface area contributed by atoms with E-state index in [4.69, 9.17) is 18.6 Å². The Kier molecular flexibility index (Phi) is 6.45. The Hall–Kier alpha value is -4.06. The van der Waals surface area contributed by atoms with Crippen molar-refractivity contribution in [2.24, 2.45) is 0 Å². The van der Waals surface area contributed by atoms with Gasteiger partial charge in [-0.05, 0) is 49.2 Å². The molecule has 0 unspecified atom stereocenters. The van der Waals surface area contributed by atoms with E-state index in [2.05, 4.69) is 0 Å². The molecule has 0 saturated heterocycles. The largest absolute Gasteiger partial charge is 0.497 e. The molecule has 0 spiro atoms. The molecule has 3 aromatic carbocycles. The van der Waals surface area contributed by atoms with Crippen LogP contribution < -0.4 is 14.9 Å². The van der Waals surface area contributed by atoms with Gasteiger partial charge in [0.1, 0.15) is 23.7 Å². The van der Waals surface area contributed by atoms with Gasteiger partial charge in [0.05, 0.1) is 24.7 Å². The highest BCUT2D eigenvalue weighted by Gasteiger charge is 2.23. The van der Waals surface area contributed by atoms with Gasteiger partial charge in [-0.25, -0.2) is 4.79 Å². The minimum absolute atomic E-state index is 0.143. The first-order valence-electron chi connectivity index (χ1n) is 10.6. The summed E-state index contributed by atoms with van der Waals surface area (Å²) in [5.74, 6) is 0.318. The lowest BCUT2D eigenvalue weighted by molar-refractivity contribution is 0.0492. The van der Waals surface area contributed by atoms with Crippen molar-refractivity contribution in [1.29, 1.82) is 0 Å². The van der Waals surface area contributed by atoms with Crippen molar-refractivity contribution < 1.29 is 23.4 Å². The van der Waals surface area contributed by atoms with Crippen LogP contribution in [0.1, 0.15) is 28.6 Å². The molecule has 0 atom stereocenters. The van der Waals surface area contributed by atoms with Gasteiger partial charge in [0.2, 0.25) is 11.2 Å². The lowest BCUT2D eigenvalue weighted by Gasteiger charge is -2.11. The van der Waals surface area contributed by atoms with E-state index in [0.717, 1.165) is 5.56 Å². The molecule has 4 rings (SSSR count). The minimum Gasteiger partial charge on any atom is -0.497 e. The molecular weight excluding hydrogens is 420 g/mol. The molecule has 0 amide bonds. The predicted octanol–water partition coefficient (Wildman–Crippen LogP) is 5.53.